The van der Waals surface area contributed by atoms with Gasteiger partial charge in [0.25, 0.3) is 0 Å². The van der Waals surface area contributed by atoms with Crippen molar-refractivity contribution in [3.8, 4) is 0 Å². The predicted molar refractivity (Wildman–Crippen MR) is 72.8 cm³/mol. The first-order valence-corrected chi connectivity index (χ1v) is 7.03. The molecule has 0 aromatic carbocycles. The molecule has 0 bridgehead atoms. The van der Waals surface area contributed by atoms with Crippen molar-refractivity contribution in [3.05, 3.63) is 28.6 Å². The SMILES string of the molecule is CCc1cc2c(nc1CC)C(C(=O)OC(=O)O)CCC2. The molecule has 1 aromatic rings. The Labute approximate surface area is 118 Å². The van der Waals surface area contributed by atoms with Crippen LogP contribution < -0.4 is 0 Å². The standard InChI is InChI=1S/C15H19NO4/c1-3-9-8-10-6-5-7-11(14(17)20-15(18)19)13(10)16-12(9)4-2/h8,11H,3-7H2,1-2H3,(H,18,19). The molecule has 0 aliphatic heterocycles. The van der Waals surface area contributed by atoms with Gasteiger partial charge < -0.3 is 9.84 Å². The molecule has 1 aliphatic rings. The second-order valence-corrected chi connectivity index (χ2v) is 4.98. The maximum atomic E-state index is 11.9. The van der Waals surface area contributed by atoms with Gasteiger partial charge in [0, 0.05) is 5.69 Å². The van der Waals surface area contributed by atoms with E-state index in [1.807, 2.05) is 6.92 Å². The molecule has 0 saturated carbocycles. The molecule has 5 nitrogen and oxygen atoms in total. The van der Waals surface area contributed by atoms with Crippen molar-refractivity contribution in [2.24, 2.45) is 0 Å². The summed E-state index contributed by atoms with van der Waals surface area (Å²) in [5, 5.41) is 8.58. The van der Waals surface area contributed by atoms with E-state index >= 15 is 0 Å². The first-order valence-electron chi connectivity index (χ1n) is 7.03. The van der Waals surface area contributed by atoms with Crippen LogP contribution in [0.25, 0.3) is 0 Å². The molecule has 0 radical (unpaired) electrons. The number of carbonyl (C=O) groups is 2. The fourth-order valence-electron chi connectivity index (χ4n) is 2.79. The largest absolute Gasteiger partial charge is 0.513 e. The number of carbonyl (C=O) groups excluding carboxylic acids is 1. The molecule has 2 rings (SSSR count). The molecule has 108 valence electrons. The lowest BCUT2D eigenvalue weighted by atomic mass is 9.85. The molecule has 1 N–H and O–H groups in total. The molecule has 1 atom stereocenters. The van der Waals surface area contributed by atoms with Crippen LogP contribution in [0.4, 0.5) is 4.79 Å². The van der Waals surface area contributed by atoms with Gasteiger partial charge in [-0.1, -0.05) is 19.9 Å². The van der Waals surface area contributed by atoms with Crippen LogP contribution in [0.3, 0.4) is 0 Å². The van der Waals surface area contributed by atoms with Crippen LogP contribution >= 0.6 is 0 Å². The van der Waals surface area contributed by atoms with Gasteiger partial charge in [0.2, 0.25) is 0 Å². The fraction of sp³-hybridized carbons (Fsp3) is 0.533. The molecular formula is C15H19NO4. The lowest BCUT2D eigenvalue weighted by Gasteiger charge is -2.24. The zero-order valence-corrected chi connectivity index (χ0v) is 11.8. The first kappa shape index (κ1) is 14.5. The van der Waals surface area contributed by atoms with E-state index in [2.05, 4.69) is 22.7 Å². The number of aromatic nitrogens is 1. The van der Waals surface area contributed by atoms with Gasteiger partial charge in [0.15, 0.2) is 0 Å². The van der Waals surface area contributed by atoms with Gasteiger partial charge in [-0.15, -0.1) is 0 Å². The summed E-state index contributed by atoms with van der Waals surface area (Å²) in [7, 11) is 0. The smallest absolute Gasteiger partial charge is 0.449 e. The molecule has 1 aromatic heterocycles. The summed E-state index contributed by atoms with van der Waals surface area (Å²) in [4.78, 5) is 27.0. The number of hydrogen-bond acceptors (Lipinski definition) is 4. The van der Waals surface area contributed by atoms with Crippen molar-refractivity contribution >= 4 is 12.1 Å². The Morgan fingerprint density at radius 2 is 2.15 bits per heavy atom. The van der Waals surface area contributed by atoms with Crippen molar-refractivity contribution in [1.82, 2.24) is 4.98 Å². The van der Waals surface area contributed by atoms with Gasteiger partial charge in [-0.2, -0.15) is 0 Å². The molecule has 5 heteroatoms. The van der Waals surface area contributed by atoms with Crippen LogP contribution in [0.15, 0.2) is 6.07 Å². The number of aryl methyl sites for hydroxylation is 3. The third kappa shape index (κ3) is 2.81. The van der Waals surface area contributed by atoms with Crippen LogP contribution in [-0.4, -0.2) is 22.2 Å². The molecule has 1 heterocycles. The highest BCUT2D eigenvalue weighted by Gasteiger charge is 2.31. The van der Waals surface area contributed by atoms with Crippen LogP contribution in [0.1, 0.15) is 55.1 Å². The first-order chi connectivity index (χ1) is 9.56. The summed E-state index contributed by atoms with van der Waals surface area (Å²) < 4.78 is 4.31. The highest BCUT2D eigenvalue weighted by Crippen LogP contribution is 2.32. The quantitative estimate of drug-likeness (QED) is 0.679. The van der Waals surface area contributed by atoms with Gasteiger partial charge in [0.05, 0.1) is 11.6 Å². The number of esters is 1. The maximum absolute atomic E-state index is 11.9. The second-order valence-electron chi connectivity index (χ2n) is 4.98. The Kier molecular flexibility index (Phi) is 4.37. The van der Waals surface area contributed by atoms with Gasteiger partial charge >= 0.3 is 12.1 Å². The van der Waals surface area contributed by atoms with Gasteiger partial charge in [0.1, 0.15) is 0 Å². The van der Waals surface area contributed by atoms with Gasteiger partial charge in [-0.3, -0.25) is 9.78 Å². The summed E-state index contributed by atoms with van der Waals surface area (Å²) in [5.74, 6) is -1.26. The Balaban J connectivity index is 2.39. The van der Waals surface area contributed by atoms with Crippen LogP contribution in [0.2, 0.25) is 0 Å². The van der Waals surface area contributed by atoms with E-state index in [4.69, 9.17) is 5.11 Å². The summed E-state index contributed by atoms with van der Waals surface area (Å²) in [6.45, 7) is 4.11. The van der Waals surface area contributed by atoms with E-state index < -0.39 is 18.0 Å². The summed E-state index contributed by atoms with van der Waals surface area (Å²) in [6.07, 6.45) is 2.49. The Hall–Kier alpha value is -1.91. The average Bonchev–Trinajstić information content (AvgIpc) is 2.44. The van der Waals surface area contributed by atoms with Crippen molar-refractivity contribution < 1.29 is 19.4 Å². The number of nitrogens with zero attached hydrogens (tertiary/aromatic N) is 1. The van der Waals surface area contributed by atoms with E-state index in [0.29, 0.717) is 12.1 Å². The monoisotopic (exact) mass is 277 g/mol. The Bertz CT molecular complexity index is 539. The fourth-order valence-corrected chi connectivity index (χ4v) is 2.79. The maximum Gasteiger partial charge on any atom is 0.513 e. The highest BCUT2D eigenvalue weighted by molar-refractivity contribution is 5.86. The Morgan fingerprint density at radius 3 is 2.75 bits per heavy atom. The number of carboxylic acid groups (broad SMARTS) is 1. The van der Waals surface area contributed by atoms with E-state index in [-0.39, 0.29) is 0 Å². The summed E-state index contributed by atoms with van der Waals surface area (Å²) in [5.41, 5.74) is 3.95. The lowest BCUT2D eigenvalue weighted by molar-refractivity contribution is -0.141. The van der Waals surface area contributed by atoms with Crippen molar-refractivity contribution in [3.63, 3.8) is 0 Å². The molecule has 0 spiro atoms. The molecule has 20 heavy (non-hydrogen) atoms. The molecule has 1 aliphatic carbocycles. The molecule has 0 fully saturated rings. The van der Waals surface area contributed by atoms with Crippen LogP contribution in [0.5, 0.6) is 0 Å². The number of fused-ring (bicyclic) bond motifs is 1. The van der Waals surface area contributed by atoms with Crippen LogP contribution in [-0.2, 0) is 28.8 Å². The van der Waals surface area contributed by atoms with E-state index in [9.17, 15) is 9.59 Å². The predicted octanol–water partition coefficient (Wildman–Crippen LogP) is 2.85. The van der Waals surface area contributed by atoms with Crippen LogP contribution in [0, 0.1) is 0 Å². The summed E-state index contributed by atoms with van der Waals surface area (Å²) >= 11 is 0. The summed E-state index contributed by atoms with van der Waals surface area (Å²) in [6, 6.07) is 2.11. The molecule has 1 unspecified atom stereocenters. The zero-order chi connectivity index (χ0) is 14.7. The Morgan fingerprint density at radius 1 is 1.40 bits per heavy atom. The topological polar surface area (TPSA) is 76.5 Å². The molecular weight excluding hydrogens is 258 g/mol. The van der Waals surface area contributed by atoms with Gasteiger partial charge in [-0.05, 0) is 43.2 Å². The zero-order valence-electron chi connectivity index (χ0n) is 11.8. The molecule has 0 saturated heterocycles. The van der Waals surface area contributed by atoms with E-state index in [1.165, 1.54) is 5.56 Å². The second kappa shape index (κ2) is 6.03. The van der Waals surface area contributed by atoms with Crippen molar-refractivity contribution in [2.45, 2.75) is 51.9 Å². The third-order valence-electron chi connectivity index (χ3n) is 3.76. The highest BCUT2D eigenvalue weighted by atomic mass is 16.7. The van der Waals surface area contributed by atoms with E-state index in [0.717, 1.165) is 36.9 Å². The number of ether oxygens (including phenoxy) is 1. The van der Waals surface area contributed by atoms with Crippen molar-refractivity contribution in [2.75, 3.05) is 0 Å². The average molecular weight is 277 g/mol. The van der Waals surface area contributed by atoms with E-state index in [1.54, 1.807) is 0 Å². The number of hydrogen-bond donors (Lipinski definition) is 1. The minimum absolute atomic E-state index is 0.550. The lowest BCUT2D eigenvalue weighted by Crippen LogP contribution is -2.24. The van der Waals surface area contributed by atoms with Gasteiger partial charge in [-0.25, -0.2) is 4.79 Å². The minimum Gasteiger partial charge on any atom is -0.449 e. The number of pyridine rings is 1. The minimum atomic E-state index is -1.55. The third-order valence-corrected chi connectivity index (χ3v) is 3.76. The normalized spacial score (nSPS) is 17.4. The van der Waals surface area contributed by atoms with Crippen molar-refractivity contribution in [1.29, 1.82) is 0 Å². The number of rotatable bonds is 3. The molecule has 0 amide bonds.